The second-order valence-electron chi connectivity index (χ2n) is 8.30. The minimum absolute atomic E-state index is 0.0920. The first-order chi connectivity index (χ1) is 15.1. The van der Waals surface area contributed by atoms with Crippen molar-refractivity contribution in [2.45, 2.75) is 44.2 Å². The predicted octanol–water partition coefficient (Wildman–Crippen LogP) is 6.59. The van der Waals surface area contributed by atoms with E-state index in [1.165, 1.54) is 0 Å². The lowest BCUT2D eigenvalue weighted by Crippen LogP contribution is -2.52. The van der Waals surface area contributed by atoms with Crippen molar-refractivity contribution in [2.24, 2.45) is 4.99 Å². The van der Waals surface area contributed by atoms with Gasteiger partial charge >= 0.3 is 0 Å². The van der Waals surface area contributed by atoms with Crippen LogP contribution in [0.3, 0.4) is 0 Å². The highest BCUT2D eigenvalue weighted by atomic mass is 35.5. The zero-order valence-electron chi connectivity index (χ0n) is 18.0. The van der Waals surface area contributed by atoms with E-state index in [2.05, 4.69) is 79.4 Å². The van der Waals surface area contributed by atoms with Gasteiger partial charge in [0.25, 0.3) is 0 Å². The predicted molar refractivity (Wildman–Crippen MR) is 126 cm³/mol. The third-order valence-corrected chi connectivity index (χ3v) is 6.98. The smallest absolute Gasteiger partial charge is 0.194 e. The van der Waals surface area contributed by atoms with Gasteiger partial charge in [-0.05, 0) is 30.5 Å². The number of nitrogens with zero attached hydrogens (tertiary/aromatic N) is 2. The molecule has 2 aliphatic rings. The highest BCUT2D eigenvalue weighted by molar-refractivity contribution is 6.30. The van der Waals surface area contributed by atoms with Crippen molar-refractivity contribution in [3.8, 4) is 0 Å². The molecule has 2 heterocycles. The van der Waals surface area contributed by atoms with E-state index in [1.54, 1.807) is 0 Å². The van der Waals surface area contributed by atoms with E-state index in [0.717, 1.165) is 46.8 Å². The first kappa shape index (κ1) is 20.4. The molecule has 0 radical (unpaired) electrons. The highest BCUT2D eigenvalue weighted by Gasteiger charge is 2.63. The lowest BCUT2D eigenvalue weighted by atomic mass is 9.91. The molecule has 0 aliphatic carbocycles. The molecule has 158 valence electrons. The standard InChI is InChI=1S/C27H27ClN2O/c1-3-26(4-2)29-25(20-12-7-5-8-13-20)27(22-15-9-6-10-16-22)30(26)19-24(31-27)21-14-11-17-23(28)18-21/h5-18,24H,3-4,19H2,1-2H3. The van der Waals surface area contributed by atoms with Crippen LogP contribution >= 0.6 is 11.6 Å². The van der Waals surface area contributed by atoms with Crippen molar-refractivity contribution in [3.63, 3.8) is 0 Å². The van der Waals surface area contributed by atoms with Crippen LogP contribution in [0.2, 0.25) is 5.02 Å². The van der Waals surface area contributed by atoms with Crippen LogP contribution in [0.5, 0.6) is 0 Å². The van der Waals surface area contributed by atoms with E-state index in [1.807, 2.05) is 24.3 Å². The molecule has 4 heteroatoms. The van der Waals surface area contributed by atoms with Gasteiger partial charge in [0.15, 0.2) is 5.72 Å². The van der Waals surface area contributed by atoms with Gasteiger partial charge < -0.3 is 4.74 Å². The van der Waals surface area contributed by atoms with Crippen molar-refractivity contribution in [1.82, 2.24) is 4.90 Å². The molecule has 3 aromatic carbocycles. The molecule has 1 saturated heterocycles. The second-order valence-corrected chi connectivity index (χ2v) is 8.73. The molecule has 0 aromatic heterocycles. The number of hydrogen-bond acceptors (Lipinski definition) is 3. The summed E-state index contributed by atoms with van der Waals surface area (Å²) in [5.74, 6) is 0. The summed E-state index contributed by atoms with van der Waals surface area (Å²) in [5, 5.41) is 0.733. The molecule has 2 aliphatic heterocycles. The maximum absolute atomic E-state index is 7.06. The Labute approximate surface area is 189 Å². The molecule has 3 nitrogen and oxygen atoms in total. The van der Waals surface area contributed by atoms with Crippen LogP contribution in [-0.2, 0) is 10.5 Å². The molecule has 0 N–H and O–H groups in total. The summed E-state index contributed by atoms with van der Waals surface area (Å²) < 4.78 is 7.06. The quantitative estimate of drug-likeness (QED) is 0.456. The van der Waals surface area contributed by atoms with Gasteiger partial charge in [0.2, 0.25) is 0 Å². The largest absolute Gasteiger partial charge is 0.341 e. The SMILES string of the molecule is CCC1(CC)N=C(c2ccccc2)C2(c3ccccc3)OC(c3cccc(Cl)c3)CN12. The number of ether oxygens (including phenoxy) is 1. The second kappa shape index (κ2) is 7.90. The molecule has 0 bridgehead atoms. The maximum Gasteiger partial charge on any atom is 0.194 e. The van der Waals surface area contributed by atoms with E-state index in [9.17, 15) is 0 Å². The van der Waals surface area contributed by atoms with Crippen LogP contribution in [0, 0.1) is 0 Å². The van der Waals surface area contributed by atoms with Crippen molar-refractivity contribution in [2.75, 3.05) is 6.54 Å². The number of aliphatic imine (C=N–C) groups is 1. The van der Waals surface area contributed by atoms with Crippen molar-refractivity contribution in [1.29, 1.82) is 0 Å². The van der Waals surface area contributed by atoms with Crippen LogP contribution in [0.15, 0.2) is 89.9 Å². The Morgan fingerprint density at radius 3 is 2.26 bits per heavy atom. The summed E-state index contributed by atoms with van der Waals surface area (Å²) in [6.07, 6.45) is 1.74. The average Bonchev–Trinajstić information content (AvgIpc) is 3.35. The van der Waals surface area contributed by atoms with Gasteiger partial charge in [-0.2, -0.15) is 0 Å². The molecule has 0 amide bonds. The number of hydrogen-bond donors (Lipinski definition) is 0. The van der Waals surface area contributed by atoms with Gasteiger partial charge in [0, 0.05) is 22.7 Å². The normalized spacial score (nSPS) is 24.7. The van der Waals surface area contributed by atoms with Crippen molar-refractivity contribution < 1.29 is 4.74 Å². The third kappa shape index (κ3) is 3.15. The fourth-order valence-corrected chi connectivity index (χ4v) is 5.34. The summed E-state index contributed by atoms with van der Waals surface area (Å²) in [7, 11) is 0. The Bertz CT molecular complexity index is 1090. The summed E-state index contributed by atoms with van der Waals surface area (Å²) in [6, 6.07) is 29.0. The Kier molecular flexibility index (Phi) is 5.21. The molecule has 1 fully saturated rings. The first-order valence-corrected chi connectivity index (χ1v) is 11.4. The minimum Gasteiger partial charge on any atom is -0.341 e. The van der Waals surface area contributed by atoms with E-state index in [-0.39, 0.29) is 11.8 Å². The molecule has 31 heavy (non-hydrogen) atoms. The van der Waals surface area contributed by atoms with Crippen molar-refractivity contribution in [3.05, 3.63) is 107 Å². The summed E-state index contributed by atoms with van der Waals surface area (Å²) >= 11 is 6.34. The average molecular weight is 431 g/mol. The number of halogens is 1. The van der Waals surface area contributed by atoms with Crippen LogP contribution in [0.25, 0.3) is 0 Å². The van der Waals surface area contributed by atoms with Crippen LogP contribution in [0.4, 0.5) is 0 Å². The molecule has 3 aromatic rings. The van der Waals surface area contributed by atoms with Crippen LogP contribution in [0.1, 0.15) is 49.5 Å². The molecule has 2 unspecified atom stereocenters. The van der Waals surface area contributed by atoms with Gasteiger partial charge in [-0.1, -0.05) is 98.2 Å². The van der Waals surface area contributed by atoms with Gasteiger partial charge in [-0.15, -0.1) is 0 Å². The van der Waals surface area contributed by atoms with Crippen LogP contribution < -0.4 is 0 Å². The Morgan fingerprint density at radius 2 is 1.61 bits per heavy atom. The third-order valence-electron chi connectivity index (χ3n) is 6.75. The lowest BCUT2D eigenvalue weighted by Gasteiger charge is -2.40. The molecule has 0 spiro atoms. The van der Waals surface area contributed by atoms with Gasteiger partial charge in [0.05, 0.1) is 11.8 Å². The van der Waals surface area contributed by atoms with Gasteiger partial charge in [-0.25, -0.2) is 4.90 Å². The number of rotatable bonds is 5. The van der Waals surface area contributed by atoms with Gasteiger partial charge in [0.1, 0.15) is 5.66 Å². The molecule has 0 saturated carbocycles. The first-order valence-electron chi connectivity index (χ1n) is 11.1. The highest BCUT2D eigenvalue weighted by Crippen LogP contribution is 2.54. The number of fused-ring (bicyclic) bond motifs is 1. The molecular weight excluding hydrogens is 404 g/mol. The molecule has 2 atom stereocenters. The van der Waals surface area contributed by atoms with Crippen molar-refractivity contribution >= 4 is 17.3 Å². The Morgan fingerprint density at radius 1 is 0.935 bits per heavy atom. The van der Waals surface area contributed by atoms with E-state index >= 15 is 0 Å². The van der Waals surface area contributed by atoms with E-state index in [0.29, 0.717) is 0 Å². The fourth-order valence-electron chi connectivity index (χ4n) is 5.14. The topological polar surface area (TPSA) is 24.8 Å². The fraction of sp³-hybridized carbons (Fsp3) is 0.296. The Balaban J connectivity index is 1.73. The zero-order chi connectivity index (χ0) is 21.5. The molecular formula is C27H27ClN2O. The number of benzene rings is 3. The summed E-state index contributed by atoms with van der Waals surface area (Å²) in [6.45, 7) is 5.21. The van der Waals surface area contributed by atoms with Gasteiger partial charge in [-0.3, -0.25) is 4.99 Å². The Hall–Kier alpha value is -2.46. The van der Waals surface area contributed by atoms with E-state index < -0.39 is 5.72 Å². The monoisotopic (exact) mass is 430 g/mol. The van der Waals surface area contributed by atoms with Crippen LogP contribution in [-0.4, -0.2) is 22.8 Å². The summed E-state index contributed by atoms with van der Waals surface area (Å²) in [4.78, 5) is 7.89. The summed E-state index contributed by atoms with van der Waals surface area (Å²) in [5.41, 5.74) is 3.27. The minimum atomic E-state index is -0.735. The molecule has 5 rings (SSSR count). The lowest BCUT2D eigenvalue weighted by molar-refractivity contribution is -0.0785. The zero-order valence-corrected chi connectivity index (χ0v) is 18.7. The van der Waals surface area contributed by atoms with E-state index in [4.69, 9.17) is 21.3 Å². The maximum atomic E-state index is 7.06.